The zero-order chi connectivity index (χ0) is 40.3. The number of nitrogens with zero attached hydrogens (tertiary/aromatic N) is 7. The van der Waals surface area contributed by atoms with Crippen LogP contribution in [0.25, 0.3) is 11.0 Å². The van der Waals surface area contributed by atoms with Gasteiger partial charge in [-0.3, -0.25) is 28.9 Å². The number of piperazine rings is 1. The van der Waals surface area contributed by atoms with Crippen LogP contribution < -0.4 is 26.2 Å². The van der Waals surface area contributed by atoms with E-state index in [1.165, 1.54) is 4.90 Å². The number of benzene rings is 2. The number of hydrogen-bond donors (Lipinski definition) is 4. The van der Waals surface area contributed by atoms with Crippen LogP contribution in [0.15, 0.2) is 67.0 Å². The summed E-state index contributed by atoms with van der Waals surface area (Å²) in [5, 5.41) is 11.5. The third kappa shape index (κ3) is 11.1. The highest BCUT2D eigenvalue weighted by atomic mass is 16.2. The SMILES string of the molecule is CC(C)Cc1nc2ccc3cc2n1CCCNC(=O)[C@@H](C)NC(=O)[C@H](Cc1ccccc1)NC(=O)CN(C(=O)CN1CCN(c2ncccn2)CC1)CCNC3=O. The van der Waals surface area contributed by atoms with Gasteiger partial charge in [0.1, 0.15) is 17.9 Å². The number of carbonyl (C=O) groups excluding carboxylic acids is 5. The molecule has 2 atom stereocenters. The number of amides is 5. The molecular formula is C41H53N11O5. The first-order valence-electron chi connectivity index (χ1n) is 19.7. The maximum atomic E-state index is 13.9. The van der Waals surface area contributed by atoms with E-state index in [1.807, 2.05) is 47.4 Å². The van der Waals surface area contributed by atoms with Crippen LogP contribution in [-0.2, 0) is 38.6 Å². The van der Waals surface area contributed by atoms with Crippen molar-refractivity contribution in [1.82, 2.24) is 50.6 Å². The van der Waals surface area contributed by atoms with E-state index in [4.69, 9.17) is 4.98 Å². The van der Waals surface area contributed by atoms with Crippen molar-refractivity contribution in [2.24, 2.45) is 5.92 Å². The molecule has 5 amide bonds. The maximum Gasteiger partial charge on any atom is 0.251 e. The third-order valence-electron chi connectivity index (χ3n) is 10.1. The minimum atomic E-state index is -1.02. The van der Waals surface area contributed by atoms with E-state index < -0.39 is 23.9 Å². The normalized spacial score (nSPS) is 19.8. The van der Waals surface area contributed by atoms with Gasteiger partial charge >= 0.3 is 0 Å². The van der Waals surface area contributed by atoms with E-state index in [0.717, 1.165) is 28.8 Å². The van der Waals surface area contributed by atoms with Crippen molar-refractivity contribution >= 4 is 46.5 Å². The van der Waals surface area contributed by atoms with Crippen molar-refractivity contribution in [3.63, 3.8) is 0 Å². The van der Waals surface area contributed by atoms with E-state index in [-0.39, 0.29) is 50.3 Å². The van der Waals surface area contributed by atoms with E-state index in [9.17, 15) is 24.0 Å². The molecule has 16 nitrogen and oxygen atoms in total. The number of fused-ring (bicyclic) bond motifs is 1. The van der Waals surface area contributed by atoms with Gasteiger partial charge in [-0.05, 0) is 49.1 Å². The summed E-state index contributed by atoms with van der Waals surface area (Å²) in [5.74, 6) is -0.161. The Morgan fingerprint density at radius 1 is 0.842 bits per heavy atom. The molecule has 2 aromatic heterocycles. The molecule has 4 heterocycles. The average Bonchev–Trinajstić information content (AvgIpc) is 3.54. The van der Waals surface area contributed by atoms with Gasteiger partial charge in [0.2, 0.25) is 29.6 Å². The fourth-order valence-corrected chi connectivity index (χ4v) is 7.09. The fourth-order valence-electron chi connectivity index (χ4n) is 7.09. The molecule has 0 spiro atoms. The number of carbonyl (C=O) groups is 5. The Balaban J connectivity index is 1.23. The fraction of sp³-hybridized carbons (Fsp3) is 0.463. The molecule has 4 N–H and O–H groups in total. The smallest absolute Gasteiger partial charge is 0.251 e. The molecule has 2 aliphatic rings. The molecule has 0 radical (unpaired) electrons. The van der Waals surface area contributed by atoms with Gasteiger partial charge in [0.15, 0.2) is 0 Å². The molecule has 0 saturated carbocycles. The van der Waals surface area contributed by atoms with Crippen LogP contribution in [-0.4, -0.2) is 130 Å². The number of nitrogens with one attached hydrogen (secondary N) is 4. The minimum Gasteiger partial charge on any atom is -0.354 e. The van der Waals surface area contributed by atoms with Gasteiger partial charge in [0.05, 0.1) is 24.1 Å². The van der Waals surface area contributed by atoms with Crippen LogP contribution in [0.2, 0.25) is 0 Å². The third-order valence-corrected chi connectivity index (χ3v) is 10.1. The molecule has 6 rings (SSSR count). The lowest BCUT2D eigenvalue weighted by atomic mass is 10.0. The Bertz CT molecular complexity index is 2020. The van der Waals surface area contributed by atoms with E-state index in [1.54, 1.807) is 31.5 Å². The molecule has 302 valence electrons. The van der Waals surface area contributed by atoms with Crippen LogP contribution in [0.1, 0.15) is 48.9 Å². The summed E-state index contributed by atoms with van der Waals surface area (Å²) >= 11 is 0. The molecule has 2 aromatic carbocycles. The first kappa shape index (κ1) is 40.8. The molecule has 1 fully saturated rings. The van der Waals surface area contributed by atoms with Gasteiger partial charge in [-0.2, -0.15) is 0 Å². The zero-order valence-corrected chi connectivity index (χ0v) is 32.9. The summed E-state index contributed by atoms with van der Waals surface area (Å²) < 4.78 is 2.10. The summed E-state index contributed by atoms with van der Waals surface area (Å²) in [7, 11) is 0. The van der Waals surface area contributed by atoms with Crippen LogP contribution in [0, 0.1) is 5.92 Å². The van der Waals surface area contributed by atoms with Gasteiger partial charge in [-0.25, -0.2) is 15.0 Å². The monoisotopic (exact) mass is 779 g/mol. The minimum absolute atomic E-state index is 0.0568. The summed E-state index contributed by atoms with van der Waals surface area (Å²) in [6.07, 6.45) is 4.89. The Kier molecular flexibility index (Phi) is 13.8. The largest absolute Gasteiger partial charge is 0.354 e. The van der Waals surface area contributed by atoms with Gasteiger partial charge < -0.3 is 35.6 Å². The second-order valence-electron chi connectivity index (χ2n) is 15.0. The molecule has 16 heteroatoms. The maximum absolute atomic E-state index is 13.9. The lowest BCUT2D eigenvalue weighted by Crippen LogP contribution is -2.56. The van der Waals surface area contributed by atoms with Gasteiger partial charge in [-0.1, -0.05) is 44.2 Å². The quantitative estimate of drug-likeness (QED) is 0.212. The van der Waals surface area contributed by atoms with Crippen molar-refractivity contribution < 1.29 is 24.0 Å². The molecular weight excluding hydrogens is 727 g/mol. The van der Waals surface area contributed by atoms with Gasteiger partial charge in [0, 0.05) is 83.2 Å². The van der Waals surface area contributed by atoms with Crippen LogP contribution in [0.4, 0.5) is 5.95 Å². The van der Waals surface area contributed by atoms with Crippen molar-refractivity contribution in [3.8, 4) is 0 Å². The Hall–Kier alpha value is -5.90. The van der Waals surface area contributed by atoms with E-state index in [0.29, 0.717) is 63.1 Å². The van der Waals surface area contributed by atoms with Crippen LogP contribution in [0.3, 0.4) is 0 Å². The highest BCUT2D eigenvalue weighted by Crippen LogP contribution is 2.21. The number of anilines is 1. The molecule has 0 unspecified atom stereocenters. The summed E-state index contributed by atoms with van der Waals surface area (Å²) in [5.41, 5.74) is 2.83. The number of aryl methyl sites for hydroxylation is 1. The lowest BCUT2D eigenvalue weighted by Gasteiger charge is -2.35. The van der Waals surface area contributed by atoms with Crippen LogP contribution in [0.5, 0.6) is 0 Å². The van der Waals surface area contributed by atoms with Crippen molar-refractivity contribution in [2.75, 3.05) is 63.8 Å². The average molecular weight is 780 g/mol. The molecule has 1 saturated heterocycles. The number of imidazole rings is 1. The molecule has 0 aliphatic carbocycles. The van der Waals surface area contributed by atoms with Crippen LogP contribution >= 0.6 is 0 Å². The Morgan fingerprint density at radius 3 is 2.33 bits per heavy atom. The Labute approximate surface area is 332 Å². The number of hydrogen-bond acceptors (Lipinski definition) is 10. The van der Waals surface area contributed by atoms with Gasteiger partial charge in [0.25, 0.3) is 5.91 Å². The second-order valence-corrected chi connectivity index (χ2v) is 15.0. The summed E-state index contributed by atoms with van der Waals surface area (Å²) in [6.45, 7) is 9.05. The molecule has 4 aromatic rings. The molecule has 57 heavy (non-hydrogen) atoms. The summed E-state index contributed by atoms with van der Waals surface area (Å²) in [6, 6.07) is 14.5. The highest BCUT2D eigenvalue weighted by Gasteiger charge is 2.28. The second kappa shape index (κ2) is 19.3. The zero-order valence-electron chi connectivity index (χ0n) is 32.9. The number of rotatable bonds is 7. The highest BCUT2D eigenvalue weighted by molar-refractivity contribution is 5.97. The topological polar surface area (TPSA) is 187 Å². The molecule has 2 aliphatic heterocycles. The molecule has 2 bridgehead atoms. The number of aromatic nitrogens is 4. The first-order chi connectivity index (χ1) is 27.5. The van der Waals surface area contributed by atoms with Crippen molar-refractivity contribution in [1.29, 1.82) is 0 Å². The predicted molar refractivity (Wildman–Crippen MR) is 215 cm³/mol. The van der Waals surface area contributed by atoms with E-state index >= 15 is 0 Å². The Morgan fingerprint density at radius 2 is 1.60 bits per heavy atom. The van der Waals surface area contributed by atoms with Gasteiger partial charge in [-0.15, -0.1) is 0 Å². The first-order valence-corrected chi connectivity index (χ1v) is 19.7. The van der Waals surface area contributed by atoms with E-state index in [2.05, 4.69) is 54.5 Å². The predicted octanol–water partition coefficient (Wildman–Crippen LogP) is 1.16. The summed E-state index contributed by atoms with van der Waals surface area (Å²) in [4.78, 5) is 87.1. The lowest BCUT2D eigenvalue weighted by molar-refractivity contribution is -0.138. The van der Waals surface area contributed by atoms with Crippen molar-refractivity contribution in [2.45, 2.75) is 58.7 Å². The van der Waals surface area contributed by atoms with Crippen molar-refractivity contribution in [3.05, 3.63) is 83.9 Å². The standard InChI is InChI=1S/C41H53N11O5/c1-28(2)23-35-47-32-12-11-31-25-34(32)52(35)17-8-15-42-38(55)29(3)46-40(57)33(24-30-9-5-4-6-10-30)48-36(53)26-51(18-16-43-39(31)56)37(54)27-49-19-21-50(22-20-49)41-44-13-7-14-45-41/h4-7,9-14,25,28-29,33H,8,15-24,26-27H2,1-3H3,(H,42,55)(H,43,56)(H,46,57)(H,48,53)/t29-,33+/m1/s1.